The normalized spacial score (nSPS) is 17.6. The molecule has 1 aromatic carbocycles. The third kappa shape index (κ3) is 2.21. The molecule has 102 valence electrons. The van der Waals surface area contributed by atoms with Crippen molar-refractivity contribution in [3.05, 3.63) is 48.0 Å². The number of piperidine rings is 1. The van der Waals surface area contributed by atoms with Gasteiger partial charge in [0.25, 0.3) is 0 Å². The van der Waals surface area contributed by atoms with E-state index in [-0.39, 0.29) is 5.41 Å². The van der Waals surface area contributed by atoms with Gasteiger partial charge < -0.3 is 9.88 Å². The van der Waals surface area contributed by atoms with Crippen LogP contribution in [-0.4, -0.2) is 22.6 Å². The molecule has 20 heavy (non-hydrogen) atoms. The lowest BCUT2D eigenvalue weighted by molar-refractivity contribution is 0.324. The first-order chi connectivity index (χ1) is 9.73. The second-order valence-corrected chi connectivity index (χ2v) is 5.62. The molecule has 0 spiro atoms. The maximum atomic E-state index is 9.05. The number of nitriles is 1. The summed E-state index contributed by atoms with van der Waals surface area (Å²) in [4.78, 5) is 4.33. The third-order valence-electron chi connectivity index (χ3n) is 4.22. The van der Waals surface area contributed by atoms with Gasteiger partial charge in [0.2, 0.25) is 0 Å². The molecule has 0 bridgehead atoms. The van der Waals surface area contributed by atoms with Crippen molar-refractivity contribution in [2.75, 3.05) is 13.1 Å². The molecule has 4 heteroatoms. The summed E-state index contributed by atoms with van der Waals surface area (Å²) in [7, 11) is 0. The average Bonchev–Trinajstić information content (AvgIpc) is 2.98. The molecule has 0 radical (unpaired) electrons. The van der Waals surface area contributed by atoms with E-state index in [1.165, 1.54) is 5.69 Å². The SMILES string of the molecule is CC1(c2cncn2-c2cccc(C#N)c2)CCNCC1. The van der Waals surface area contributed by atoms with Gasteiger partial charge in [-0.2, -0.15) is 5.26 Å². The van der Waals surface area contributed by atoms with Crippen molar-refractivity contribution in [3.8, 4) is 11.8 Å². The summed E-state index contributed by atoms with van der Waals surface area (Å²) in [5.41, 5.74) is 3.06. The number of rotatable bonds is 2. The van der Waals surface area contributed by atoms with Gasteiger partial charge in [0, 0.05) is 23.0 Å². The lowest BCUT2D eigenvalue weighted by Crippen LogP contribution is -2.38. The lowest BCUT2D eigenvalue weighted by Gasteiger charge is -2.34. The van der Waals surface area contributed by atoms with Crippen molar-refractivity contribution in [2.24, 2.45) is 0 Å². The molecule has 2 aromatic rings. The van der Waals surface area contributed by atoms with Crippen LogP contribution in [0.15, 0.2) is 36.8 Å². The van der Waals surface area contributed by atoms with Gasteiger partial charge >= 0.3 is 0 Å². The fraction of sp³-hybridized carbons (Fsp3) is 0.375. The predicted molar refractivity (Wildman–Crippen MR) is 77.7 cm³/mol. The molecule has 0 aliphatic carbocycles. The Morgan fingerprint density at radius 1 is 1.35 bits per heavy atom. The minimum Gasteiger partial charge on any atom is -0.317 e. The van der Waals surface area contributed by atoms with Gasteiger partial charge in [-0.1, -0.05) is 13.0 Å². The maximum Gasteiger partial charge on any atom is 0.0994 e. The Hall–Kier alpha value is -2.12. The van der Waals surface area contributed by atoms with Gasteiger partial charge in [0.1, 0.15) is 0 Å². The average molecular weight is 266 g/mol. The summed E-state index contributed by atoms with van der Waals surface area (Å²) in [6, 6.07) is 9.88. The first-order valence-corrected chi connectivity index (χ1v) is 6.97. The first-order valence-electron chi connectivity index (χ1n) is 6.97. The predicted octanol–water partition coefficient (Wildman–Crippen LogP) is 2.39. The minimum atomic E-state index is 0.143. The van der Waals surface area contributed by atoms with Crippen LogP contribution < -0.4 is 5.32 Å². The van der Waals surface area contributed by atoms with Crippen molar-refractivity contribution in [2.45, 2.75) is 25.2 Å². The van der Waals surface area contributed by atoms with Crippen molar-refractivity contribution in [3.63, 3.8) is 0 Å². The Bertz CT molecular complexity index is 644. The number of nitrogens with one attached hydrogen (secondary N) is 1. The second kappa shape index (κ2) is 5.10. The molecule has 1 fully saturated rings. The molecule has 4 nitrogen and oxygen atoms in total. The van der Waals surface area contributed by atoms with Crippen molar-refractivity contribution in [1.82, 2.24) is 14.9 Å². The highest BCUT2D eigenvalue weighted by Gasteiger charge is 2.31. The summed E-state index contributed by atoms with van der Waals surface area (Å²) < 4.78 is 2.12. The number of aromatic nitrogens is 2. The molecular weight excluding hydrogens is 248 g/mol. The van der Waals surface area contributed by atoms with E-state index in [0.717, 1.165) is 31.6 Å². The van der Waals surface area contributed by atoms with Crippen LogP contribution in [0.3, 0.4) is 0 Å². The van der Waals surface area contributed by atoms with E-state index in [2.05, 4.69) is 27.9 Å². The topological polar surface area (TPSA) is 53.6 Å². The van der Waals surface area contributed by atoms with Crippen LogP contribution in [0.4, 0.5) is 0 Å². The molecule has 0 unspecified atom stereocenters. The highest BCUT2D eigenvalue weighted by molar-refractivity contribution is 5.43. The molecule has 1 aromatic heterocycles. The number of nitrogens with zero attached hydrogens (tertiary/aromatic N) is 3. The molecule has 0 amide bonds. The van der Waals surface area contributed by atoms with Crippen molar-refractivity contribution >= 4 is 0 Å². The van der Waals surface area contributed by atoms with Crippen LogP contribution in [0.2, 0.25) is 0 Å². The van der Waals surface area contributed by atoms with E-state index < -0.39 is 0 Å². The number of hydrogen-bond acceptors (Lipinski definition) is 3. The molecule has 0 saturated carbocycles. The summed E-state index contributed by atoms with van der Waals surface area (Å²) in [6.45, 7) is 4.38. The third-order valence-corrected chi connectivity index (χ3v) is 4.22. The zero-order valence-corrected chi connectivity index (χ0v) is 11.6. The zero-order valence-electron chi connectivity index (χ0n) is 11.6. The first kappa shape index (κ1) is 12.9. The molecule has 0 atom stereocenters. The fourth-order valence-electron chi connectivity index (χ4n) is 2.91. The summed E-state index contributed by atoms with van der Waals surface area (Å²) in [5.74, 6) is 0. The number of benzene rings is 1. The van der Waals surface area contributed by atoms with Crippen LogP contribution in [0.1, 0.15) is 31.0 Å². The molecular formula is C16H18N4. The standard InChI is InChI=1S/C16H18N4/c1-16(5-7-18-8-6-16)15-11-19-12-20(15)14-4-2-3-13(9-14)10-17/h2-4,9,11-12,18H,5-8H2,1H3. The van der Waals surface area contributed by atoms with E-state index in [9.17, 15) is 0 Å². The highest BCUT2D eigenvalue weighted by Crippen LogP contribution is 2.33. The van der Waals surface area contributed by atoms with Crippen molar-refractivity contribution < 1.29 is 0 Å². The maximum absolute atomic E-state index is 9.05. The highest BCUT2D eigenvalue weighted by atomic mass is 15.1. The van der Waals surface area contributed by atoms with E-state index in [1.54, 1.807) is 0 Å². The summed E-state index contributed by atoms with van der Waals surface area (Å²) in [6.07, 6.45) is 6.02. The molecule has 3 rings (SSSR count). The minimum absolute atomic E-state index is 0.143. The van der Waals surface area contributed by atoms with Crippen LogP contribution in [0, 0.1) is 11.3 Å². The van der Waals surface area contributed by atoms with Gasteiger partial charge in [0.15, 0.2) is 0 Å². The zero-order chi connectivity index (χ0) is 14.0. The number of hydrogen-bond donors (Lipinski definition) is 1. The quantitative estimate of drug-likeness (QED) is 0.908. The second-order valence-electron chi connectivity index (χ2n) is 5.62. The largest absolute Gasteiger partial charge is 0.317 e. The Balaban J connectivity index is 2.03. The Kier molecular flexibility index (Phi) is 3.29. The van der Waals surface area contributed by atoms with E-state index >= 15 is 0 Å². The summed E-state index contributed by atoms with van der Waals surface area (Å²) >= 11 is 0. The smallest absolute Gasteiger partial charge is 0.0994 e. The van der Waals surface area contributed by atoms with Crippen molar-refractivity contribution in [1.29, 1.82) is 5.26 Å². The fourth-order valence-corrected chi connectivity index (χ4v) is 2.91. The van der Waals surface area contributed by atoms with Gasteiger partial charge in [-0.05, 0) is 44.1 Å². The van der Waals surface area contributed by atoms with Gasteiger partial charge in [0.05, 0.1) is 18.0 Å². The Labute approximate surface area is 119 Å². The van der Waals surface area contributed by atoms with Gasteiger partial charge in [-0.3, -0.25) is 0 Å². The molecule has 1 aliphatic rings. The Morgan fingerprint density at radius 3 is 2.90 bits per heavy atom. The van der Waals surface area contributed by atoms with E-state index in [0.29, 0.717) is 5.56 Å². The van der Waals surface area contributed by atoms with Crippen LogP contribution in [-0.2, 0) is 5.41 Å². The van der Waals surface area contributed by atoms with E-state index in [4.69, 9.17) is 5.26 Å². The van der Waals surface area contributed by atoms with E-state index in [1.807, 2.05) is 36.8 Å². The molecule has 1 saturated heterocycles. The number of imidazole rings is 1. The van der Waals surface area contributed by atoms with Crippen LogP contribution in [0.5, 0.6) is 0 Å². The van der Waals surface area contributed by atoms with Gasteiger partial charge in [-0.15, -0.1) is 0 Å². The molecule has 2 heterocycles. The summed E-state index contributed by atoms with van der Waals surface area (Å²) in [5, 5.41) is 12.5. The van der Waals surface area contributed by atoms with Gasteiger partial charge in [-0.25, -0.2) is 4.98 Å². The molecule has 1 N–H and O–H groups in total. The van der Waals surface area contributed by atoms with Crippen LogP contribution >= 0.6 is 0 Å². The Morgan fingerprint density at radius 2 is 2.15 bits per heavy atom. The molecule has 1 aliphatic heterocycles. The monoisotopic (exact) mass is 266 g/mol. The lowest BCUT2D eigenvalue weighted by atomic mass is 9.78. The van der Waals surface area contributed by atoms with Crippen LogP contribution in [0.25, 0.3) is 5.69 Å².